The first kappa shape index (κ1) is 14.9. The highest BCUT2D eigenvalue weighted by molar-refractivity contribution is 4.77. The summed E-state index contributed by atoms with van der Waals surface area (Å²) in [5, 5.41) is 3.45. The van der Waals surface area contributed by atoms with Crippen LogP contribution < -0.4 is 5.32 Å². The van der Waals surface area contributed by atoms with Gasteiger partial charge in [0.15, 0.2) is 0 Å². The van der Waals surface area contributed by atoms with Crippen molar-refractivity contribution >= 4 is 0 Å². The van der Waals surface area contributed by atoms with E-state index >= 15 is 0 Å². The molecule has 0 aliphatic heterocycles. The van der Waals surface area contributed by atoms with Crippen LogP contribution in [0.2, 0.25) is 0 Å². The summed E-state index contributed by atoms with van der Waals surface area (Å²) in [6, 6.07) is 1.33. The van der Waals surface area contributed by atoms with Crippen molar-refractivity contribution in [2.24, 2.45) is 5.92 Å². The summed E-state index contributed by atoms with van der Waals surface area (Å²) < 4.78 is 0. The van der Waals surface area contributed by atoms with Gasteiger partial charge in [-0.3, -0.25) is 4.90 Å². The molecular formula is C13H30N2. The lowest BCUT2D eigenvalue weighted by Crippen LogP contribution is -2.46. The van der Waals surface area contributed by atoms with Crippen LogP contribution in [-0.4, -0.2) is 37.1 Å². The molecule has 0 rings (SSSR count). The molecule has 0 aromatic rings. The van der Waals surface area contributed by atoms with E-state index in [1.54, 1.807) is 0 Å². The van der Waals surface area contributed by atoms with E-state index in [1.807, 2.05) is 0 Å². The minimum Gasteiger partial charge on any atom is -0.315 e. The van der Waals surface area contributed by atoms with E-state index in [0.717, 1.165) is 12.5 Å². The van der Waals surface area contributed by atoms with Gasteiger partial charge >= 0.3 is 0 Å². The Hall–Kier alpha value is -0.0800. The van der Waals surface area contributed by atoms with Crippen molar-refractivity contribution < 1.29 is 0 Å². The average molecular weight is 214 g/mol. The fourth-order valence-corrected chi connectivity index (χ4v) is 1.97. The van der Waals surface area contributed by atoms with Crippen LogP contribution in [0.25, 0.3) is 0 Å². The van der Waals surface area contributed by atoms with E-state index in [2.05, 4.69) is 51.9 Å². The second-order valence-corrected chi connectivity index (χ2v) is 4.63. The van der Waals surface area contributed by atoms with Crippen LogP contribution in [0.5, 0.6) is 0 Å². The lowest BCUT2D eigenvalue weighted by molar-refractivity contribution is 0.173. The summed E-state index contributed by atoms with van der Waals surface area (Å²) in [7, 11) is 2.08. The van der Waals surface area contributed by atoms with Crippen molar-refractivity contribution in [2.45, 2.75) is 59.5 Å². The van der Waals surface area contributed by atoms with Crippen molar-refractivity contribution in [1.82, 2.24) is 10.2 Å². The van der Waals surface area contributed by atoms with Gasteiger partial charge in [-0.05, 0) is 32.9 Å². The third-order valence-electron chi connectivity index (χ3n) is 3.75. The molecule has 92 valence electrons. The number of nitrogens with zero attached hydrogens (tertiary/aromatic N) is 1. The standard InChI is InChI=1S/C13H30N2/c1-7-11(4)13(14-6)10-15(9-3)12(5)8-2/h11-14H,7-10H2,1-6H3. The Morgan fingerprint density at radius 2 is 1.67 bits per heavy atom. The van der Waals surface area contributed by atoms with Gasteiger partial charge < -0.3 is 5.32 Å². The van der Waals surface area contributed by atoms with Crippen molar-refractivity contribution in [2.75, 3.05) is 20.1 Å². The fraction of sp³-hybridized carbons (Fsp3) is 1.00. The zero-order valence-corrected chi connectivity index (χ0v) is 11.5. The van der Waals surface area contributed by atoms with Gasteiger partial charge in [0.25, 0.3) is 0 Å². The maximum absolute atomic E-state index is 3.45. The number of hydrogen-bond acceptors (Lipinski definition) is 2. The quantitative estimate of drug-likeness (QED) is 0.668. The van der Waals surface area contributed by atoms with E-state index in [-0.39, 0.29) is 0 Å². The van der Waals surface area contributed by atoms with Crippen molar-refractivity contribution in [3.63, 3.8) is 0 Å². The molecule has 3 unspecified atom stereocenters. The molecule has 0 amide bonds. The first-order chi connectivity index (χ1) is 7.10. The smallest absolute Gasteiger partial charge is 0.0217 e. The summed E-state index contributed by atoms with van der Waals surface area (Å²) >= 11 is 0. The van der Waals surface area contributed by atoms with Crippen LogP contribution in [0.4, 0.5) is 0 Å². The number of likely N-dealkylation sites (N-methyl/N-ethyl adjacent to an activating group) is 2. The van der Waals surface area contributed by atoms with Gasteiger partial charge in [0, 0.05) is 18.6 Å². The van der Waals surface area contributed by atoms with Gasteiger partial charge in [0.2, 0.25) is 0 Å². The van der Waals surface area contributed by atoms with Gasteiger partial charge in [-0.15, -0.1) is 0 Å². The molecule has 0 spiro atoms. The van der Waals surface area contributed by atoms with E-state index in [1.165, 1.54) is 19.4 Å². The fourth-order valence-electron chi connectivity index (χ4n) is 1.97. The predicted molar refractivity (Wildman–Crippen MR) is 69.3 cm³/mol. The molecule has 0 radical (unpaired) electrons. The van der Waals surface area contributed by atoms with Crippen LogP contribution >= 0.6 is 0 Å². The molecule has 0 aromatic carbocycles. The first-order valence-corrected chi connectivity index (χ1v) is 6.51. The molecule has 0 aliphatic rings. The molecule has 1 N–H and O–H groups in total. The Labute approximate surface area is 96.4 Å². The third kappa shape index (κ3) is 4.98. The molecule has 3 atom stereocenters. The first-order valence-electron chi connectivity index (χ1n) is 6.51. The lowest BCUT2D eigenvalue weighted by Gasteiger charge is -2.33. The Morgan fingerprint density at radius 3 is 2.00 bits per heavy atom. The highest BCUT2D eigenvalue weighted by Crippen LogP contribution is 2.11. The third-order valence-corrected chi connectivity index (χ3v) is 3.75. The Balaban J connectivity index is 4.23. The van der Waals surface area contributed by atoms with Gasteiger partial charge in [-0.2, -0.15) is 0 Å². The highest BCUT2D eigenvalue weighted by Gasteiger charge is 2.19. The molecule has 2 nitrogen and oxygen atoms in total. The minimum absolute atomic E-state index is 0.629. The highest BCUT2D eigenvalue weighted by atomic mass is 15.2. The normalized spacial score (nSPS) is 17.8. The Morgan fingerprint density at radius 1 is 1.07 bits per heavy atom. The zero-order chi connectivity index (χ0) is 11.8. The van der Waals surface area contributed by atoms with Crippen LogP contribution in [0.3, 0.4) is 0 Å². The van der Waals surface area contributed by atoms with Crippen molar-refractivity contribution in [3.8, 4) is 0 Å². The predicted octanol–water partition coefficient (Wildman–Crippen LogP) is 2.74. The van der Waals surface area contributed by atoms with Crippen LogP contribution in [0, 0.1) is 5.92 Å². The van der Waals surface area contributed by atoms with Gasteiger partial charge in [-0.1, -0.05) is 34.1 Å². The minimum atomic E-state index is 0.629. The summed E-state index contributed by atoms with van der Waals surface area (Å²) in [4.78, 5) is 2.58. The largest absolute Gasteiger partial charge is 0.315 e. The van der Waals surface area contributed by atoms with E-state index in [4.69, 9.17) is 0 Å². The maximum Gasteiger partial charge on any atom is 0.0217 e. The van der Waals surface area contributed by atoms with Gasteiger partial charge in [0.05, 0.1) is 0 Å². The molecule has 0 saturated heterocycles. The molecule has 0 fully saturated rings. The SMILES string of the molecule is CCC(C)C(CN(CC)C(C)CC)NC. The van der Waals surface area contributed by atoms with Crippen molar-refractivity contribution in [1.29, 1.82) is 0 Å². The van der Waals surface area contributed by atoms with Crippen molar-refractivity contribution in [3.05, 3.63) is 0 Å². The topological polar surface area (TPSA) is 15.3 Å². The molecule has 0 bridgehead atoms. The molecule has 2 heteroatoms. The number of rotatable bonds is 8. The Kier molecular flexibility index (Phi) is 8.07. The number of hydrogen-bond donors (Lipinski definition) is 1. The summed E-state index contributed by atoms with van der Waals surface area (Å²) in [6.07, 6.45) is 2.49. The summed E-state index contributed by atoms with van der Waals surface area (Å²) in [5.74, 6) is 0.758. The van der Waals surface area contributed by atoms with E-state index in [0.29, 0.717) is 12.1 Å². The van der Waals surface area contributed by atoms with E-state index in [9.17, 15) is 0 Å². The van der Waals surface area contributed by atoms with Crippen LogP contribution in [0.1, 0.15) is 47.5 Å². The van der Waals surface area contributed by atoms with Gasteiger partial charge in [0.1, 0.15) is 0 Å². The average Bonchev–Trinajstić information content (AvgIpc) is 2.28. The molecule has 0 saturated carbocycles. The lowest BCUT2D eigenvalue weighted by atomic mass is 9.98. The molecule has 0 aliphatic carbocycles. The number of nitrogens with one attached hydrogen (secondary N) is 1. The monoisotopic (exact) mass is 214 g/mol. The maximum atomic E-state index is 3.45. The summed E-state index contributed by atoms with van der Waals surface area (Å²) in [6.45, 7) is 13.8. The second kappa shape index (κ2) is 8.12. The Bertz CT molecular complexity index is 131. The molecule has 0 aromatic heterocycles. The van der Waals surface area contributed by atoms with E-state index < -0.39 is 0 Å². The zero-order valence-electron chi connectivity index (χ0n) is 11.5. The van der Waals surface area contributed by atoms with Crippen LogP contribution in [0.15, 0.2) is 0 Å². The second-order valence-electron chi connectivity index (χ2n) is 4.63. The van der Waals surface area contributed by atoms with Gasteiger partial charge in [-0.25, -0.2) is 0 Å². The van der Waals surface area contributed by atoms with Crippen LogP contribution in [-0.2, 0) is 0 Å². The molecular weight excluding hydrogens is 184 g/mol. The molecule has 15 heavy (non-hydrogen) atoms. The molecule has 0 heterocycles. The summed E-state index contributed by atoms with van der Waals surface area (Å²) in [5.41, 5.74) is 0.